The molecule has 0 aromatic rings. The number of amides is 1. The Morgan fingerprint density at radius 1 is 1.30 bits per heavy atom. The summed E-state index contributed by atoms with van der Waals surface area (Å²) in [6, 6.07) is 0.0954. The lowest BCUT2D eigenvalue weighted by Crippen LogP contribution is -2.47. The molecule has 116 valence electrons. The van der Waals surface area contributed by atoms with E-state index in [-0.39, 0.29) is 18.1 Å². The number of hydrogen-bond donors (Lipinski definition) is 0. The van der Waals surface area contributed by atoms with E-state index in [2.05, 4.69) is 0 Å². The standard InChI is InChI=1S/C15H27NO4/c1-6-19-13(17)10-12-7-8-16(11(2)9-12)14(18)20-15(3,4)5/h11-12H,6-10H2,1-5H3/t11-,12?/m1/s1. The molecule has 1 heterocycles. The van der Waals surface area contributed by atoms with Gasteiger partial charge in [0.2, 0.25) is 0 Å². The second kappa shape index (κ2) is 6.95. The Morgan fingerprint density at radius 2 is 1.95 bits per heavy atom. The van der Waals surface area contributed by atoms with Crippen molar-refractivity contribution in [1.82, 2.24) is 4.90 Å². The van der Waals surface area contributed by atoms with Crippen LogP contribution in [0.5, 0.6) is 0 Å². The van der Waals surface area contributed by atoms with Crippen molar-refractivity contribution in [2.24, 2.45) is 5.92 Å². The predicted molar refractivity (Wildman–Crippen MR) is 76.4 cm³/mol. The highest BCUT2D eigenvalue weighted by molar-refractivity contribution is 5.70. The maximum Gasteiger partial charge on any atom is 0.410 e. The zero-order chi connectivity index (χ0) is 15.3. The van der Waals surface area contributed by atoms with Crippen LogP contribution in [0.25, 0.3) is 0 Å². The van der Waals surface area contributed by atoms with Crippen LogP contribution in [0, 0.1) is 5.92 Å². The molecule has 0 aromatic carbocycles. The molecule has 2 atom stereocenters. The highest BCUT2D eigenvalue weighted by Gasteiger charge is 2.32. The molecule has 0 aromatic heterocycles. The fourth-order valence-corrected chi connectivity index (χ4v) is 2.50. The van der Waals surface area contributed by atoms with Crippen LogP contribution in [-0.4, -0.2) is 41.8 Å². The largest absolute Gasteiger partial charge is 0.466 e. The summed E-state index contributed by atoms with van der Waals surface area (Å²) >= 11 is 0. The Labute approximate surface area is 121 Å². The van der Waals surface area contributed by atoms with Gasteiger partial charge in [0, 0.05) is 19.0 Å². The minimum atomic E-state index is -0.474. The van der Waals surface area contributed by atoms with Crippen LogP contribution >= 0.6 is 0 Å². The Morgan fingerprint density at radius 3 is 2.45 bits per heavy atom. The second-order valence-corrected chi connectivity index (χ2v) is 6.42. The molecule has 1 saturated heterocycles. The van der Waals surface area contributed by atoms with Crippen molar-refractivity contribution in [2.45, 2.75) is 65.5 Å². The number of carbonyl (C=O) groups excluding carboxylic acids is 2. The molecule has 1 aliphatic heterocycles. The molecule has 1 amide bonds. The Hall–Kier alpha value is -1.26. The average molecular weight is 285 g/mol. The fourth-order valence-electron chi connectivity index (χ4n) is 2.50. The summed E-state index contributed by atoms with van der Waals surface area (Å²) in [4.78, 5) is 25.3. The van der Waals surface area contributed by atoms with Gasteiger partial charge in [-0.2, -0.15) is 0 Å². The fraction of sp³-hybridized carbons (Fsp3) is 0.867. The molecule has 0 N–H and O–H groups in total. The molecule has 5 heteroatoms. The third-order valence-electron chi connectivity index (χ3n) is 3.37. The van der Waals surface area contributed by atoms with Crippen molar-refractivity contribution in [3.8, 4) is 0 Å². The summed E-state index contributed by atoms with van der Waals surface area (Å²) in [5.41, 5.74) is -0.474. The lowest BCUT2D eigenvalue weighted by Gasteiger charge is -2.38. The van der Waals surface area contributed by atoms with Crippen LogP contribution in [0.1, 0.15) is 53.9 Å². The summed E-state index contributed by atoms with van der Waals surface area (Å²) in [5.74, 6) is 0.151. The number of nitrogens with zero attached hydrogens (tertiary/aromatic N) is 1. The van der Waals surface area contributed by atoms with E-state index in [1.807, 2.05) is 34.6 Å². The molecule has 0 spiro atoms. The van der Waals surface area contributed by atoms with Crippen LogP contribution < -0.4 is 0 Å². The van der Waals surface area contributed by atoms with E-state index in [1.165, 1.54) is 0 Å². The van der Waals surface area contributed by atoms with E-state index in [4.69, 9.17) is 9.47 Å². The SMILES string of the molecule is CCOC(=O)CC1CCN(C(=O)OC(C)(C)C)[C@H](C)C1. The number of hydrogen-bond acceptors (Lipinski definition) is 4. The lowest BCUT2D eigenvalue weighted by atomic mass is 9.89. The van der Waals surface area contributed by atoms with Gasteiger partial charge in [-0.25, -0.2) is 4.79 Å². The van der Waals surface area contributed by atoms with E-state index in [9.17, 15) is 9.59 Å². The maximum atomic E-state index is 12.1. The minimum absolute atomic E-state index is 0.0954. The van der Waals surface area contributed by atoms with Gasteiger partial charge in [-0.1, -0.05) is 0 Å². The van der Waals surface area contributed by atoms with E-state index in [0.717, 1.165) is 12.8 Å². The second-order valence-electron chi connectivity index (χ2n) is 6.42. The zero-order valence-electron chi connectivity index (χ0n) is 13.3. The number of likely N-dealkylation sites (tertiary alicyclic amines) is 1. The van der Waals surface area contributed by atoms with Gasteiger partial charge in [0.25, 0.3) is 0 Å². The van der Waals surface area contributed by atoms with Crippen LogP contribution in [-0.2, 0) is 14.3 Å². The Balaban J connectivity index is 2.47. The van der Waals surface area contributed by atoms with Crippen molar-refractivity contribution in [3.05, 3.63) is 0 Å². The van der Waals surface area contributed by atoms with Gasteiger partial charge < -0.3 is 14.4 Å². The van der Waals surface area contributed by atoms with Gasteiger partial charge >= 0.3 is 12.1 Å². The maximum absolute atomic E-state index is 12.1. The summed E-state index contributed by atoms with van der Waals surface area (Å²) in [7, 11) is 0. The third-order valence-corrected chi connectivity index (χ3v) is 3.37. The first-order chi connectivity index (χ1) is 9.23. The van der Waals surface area contributed by atoms with Crippen LogP contribution in [0.4, 0.5) is 4.79 Å². The molecule has 1 unspecified atom stereocenters. The van der Waals surface area contributed by atoms with Crippen LogP contribution in [0.3, 0.4) is 0 Å². The van der Waals surface area contributed by atoms with Gasteiger partial charge in [-0.15, -0.1) is 0 Å². The van der Waals surface area contributed by atoms with Gasteiger partial charge in [0.05, 0.1) is 6.61 Å². The molecule has 0 aliphatic carbocycles. The van der Waals surface area contributed by atoms with Gasteiger partial charge in [0.15, 0.2) is 0 Å². The van der Waals surface area contributed by atoms with E-state index in [0.29, 0.717) is 25.5 Å². The summed E-state index contributed by atoms with van der Waals surface area (Å²) in [6.07, 6.45) is 1.82. The summed E-state index contributed by atoms with van der Waals surface area (Å²) in [6.45, 7) is 10.5. The first-order valence-corrected chi connectivity index (χ1v) is 7.38. The lowest BCUT2D eigenvalue weighted by molar-refractivity contribution is -0.144. The first-order valence-electron chi connectivity index (χ1n) is 7.38. The minimum Gasteiger partial charge on any atom is -0.466 e. The zero-order valence-corrected chi connectivity index (χ0v) is 13.3. The van der Waals surface area contributed by atoms with Crippen molar-refractivity contribution in [3.63, 3.8) is 0 Å². The smallest absolute Gasteiger partial charge is 0.410 e. The predicted octanol–water partition coefficient (Wildman–Crippen LogP) is 2.98. The summed E-state index contributed by atoms with van der Waals surface area (Å²) < 4.78 is 10.4. The number of rotatable bonds is 3. The highest BCUT2D eigenvalue weighted by atomic mass is 16.6. The molecular weight excluding hydrogens is 258 g/mol. The van der Waals surface area contributed by atoms with Gasteiger partial charge in [-0.3, -0.25) is 4.79 Å². The number of carbonyl (C=O) groups is 2. The molecule has 0 radical (unpaired) electrons. The summed E-state index contributed by atoms with van der Waals surface area (Å²) in [5, 5.41) is 0. The molecule has 0 bridgehead atoms. The normalized spacial score (nSPS) is 23.4. The highest BCUT2D eigenvalue weighted by Crippen LogP contribution is 2.27. The van der Waals surface area contributed by atoms with Gasteiger partial charge in [0.1, 0.15) is 5.60 Å². The van der Waals surface area contributed by atoms with Crippen molar-refractivity contribution in [2.75, 3.05) is 13.2 Å². The molecular formula is C15H27NO4. The first kappa shape index (κ1) is 16.8. The Kier molecular flexibility index (Phi) is 5.84. The van der Waals surface area contributed by atoms with E-state index in [1.54, 1.807) is 4.90 Å². The number of esters is 1. The molecule has 1 fully saturated rings. The average Bonchev–Trinajstić information content (AvgIpc) is 2.26. The third kappa shape index (κ3) is 5.39. The van der Waals surface area contributed by atoms with Crippen molar-refractivity contribution >= 4 is 12.1 Å². The van der Waals surface area contributed by atoms with Crippen LogP contribution in [0.2, 0.25) is 0 Å². The van der Waals surface area contributed by atoms with Crippen molar-refractivity contribution in [1.29, 1.82) is 0 Å². The number of ether oxygens (including phenoxy) is 2. The van der Waals surface area contributed by atoms with Crippen LogP contribution in [0.15, 0.2) is 0 Å². The Bertz CT molecular complexity index is 348. The molecule has 5 nitrogen and oxygen atoms in total. The molecule has 0 saturated carbocycles. The molecule has 1 aliphatic rings. The monoisotopic (exact) mass is 285 g/mol. The van der Waals surface area contributed by atoms with Gasteiger partial charge in [-0.05, 0) is 53.4 Å². The molecule has 20 heavy (non-hydrogen) atoms. The topological polar surface area (TPSA) is 55.8 Å². The van der Waals surface area contributed by atoms with E-state index < -0.39 is 5.60 Å². The van der Waals surface area contributed by atoms with Crippen molar-refractivity contribution < 1.29 is 19.1 Å². The quantitative estimate of drug-likeness (QED) is 0.748. The van der Waals surface area contributed by atoms with E-state index >= 15 is 0 Å². The number of piperidine rings is 1. The molecule has 1 rings (SSSR count).